The number of nitrogens with one attached hydrogen (secondary N) is 2. The summed E-state index contributed by atoms with van der Waals surface area (Å²) in [5.74, 6) is 0.744. The molecule has 3 aromatic carbocycles. The molecule has 3 rings (SSSR count). The van der Waals surface area contributed by atoms with Gasteiger partial charge in [0.1, 0.15) is 5.75 Å². The van der Waals surface area contributed by atoms with Crippen molar-refractivity contribution in [1.82, 2.24) is 5.32 Å². The number of rotatable bonds is 9. The van der Waals surface area contributed by atoms with Gasteiger partial charge in [-0.15, -0.1) is 0 Å². The van der Waals surface area contributed by atoms with Gasteiger partial charge >= 0.3 is 0 Å². The van der Waals surface area contributed by atoms with Gasteiger partial charge in [-0.25, -0.2) is 0 Å². The average Bonchev–Trinajstić information content (AvgIpc) is 2.74. The molecule has 0 unspecified atom stereocenters. The minimum atomic E-state index is -0.106. The molecule has 0 aliphatic rings. The van der Waals surface area contributed by atoms with E-state index in [2.05, 4.69) is 41.8 Å². The zero-order chi connectivity index (χ0) is 19.6. The van der Waals surface area contributed by atoms with Crippen molar-refractivity contribution in [3.8, 4) is 5.75 Å². The molecule has 0 saturated heterocycles. The molecule has 28 heavy (non-hydrogen) atoms. The van der Waals surface area contributed by atoms with Crippen molar-refractivity contribution in [3.05, 3.63) is 78.4 Å². The molecule has 2 N–H and O–H groups in total. The van der Waals surface area contributed by atoms with Crippen LogP contribution >= 0.6 is 0 Å². The van der Waals surface area contributed by atoms with E-state index in [1.807, 2.05) is 42.5 Å². The minimum absolute atomic E-state index is 0.106. The first-order valence-electron chi connectivity index (χ1n) is 9.66. The van der Waals surface area contributed by atoms with Crippen LogP contribution in [-0.2, 0) is 4.79 Å². The van der Waals surface area contributed by atoms with Crippen LogP contribution in [0.5, 0.6) is 5.75 Å². The van der Waals surface area contributed by atoms with Crippen LogP contribution in [0, 0.1) is 0 Å². The molecule has 1 amide bonds. The number of carbonyl (C=O) groups excluding carboxylic acids is 1. The van der Waals surface area contributed by atoms with Gasteiger partial charge in [0.2, 0.25) is 5.91 Å². The summed E-state index contributed by atoms with van der Waals surface area (Å²) >= 11 is 0. The molecule has 0 aromatic heterocycles. The largest absolute Gasteiger partial charge is 0.494 e. The molecule has 0 bridgehead atoms. The molecule has 0 radical (unpaired) electrons. The minimum Gasteiger partial charge on any atom is -0.494 e. The fraction of sp³-hybridized carbons (Fsp3) is 0.208. The maximum absolute atomic E-state index is 12.0. The Kier molecular flexibility index (Phi) is 7.08. The number of anilines is 1. The molecule has 0 atom stereocenters. The number of benzene rings is 3. The van der Waals surface area contributed by atoms with Crippen LogP contribution in [-0.4, -0.2) is 25.6 Å². The van der Waals surface area contributed by atoms with E-state index in [1.54, 1.807) is 12.2 Å². The van der Waals surface area contributed by atoms with Crippen LogP contribution < -0.4 is 15.4 Å². The molecule has 4 heteroatoms. The van der Waals surface area contributed by atoms with Crippen LogP contribution in [0.15, 0.2) is 72.8 Å². The summed E-state index contributed by atoms with van der Waals surface area (Å²) in [6.45, 7) is 4.00. The molecule has 0 heterocycles. The molecule has 3 aromatic rings. The van der Waals surface area contributed by atoms with Crippen molar-refractivity contribution in [1.29, 1.82) is 0 Å². The van der Waals surface area contributed by atoms with Gasteiger partial charge in [0.05, 0.1) is 6.61 Å². The standard InChI is InChI=1S/C24H26N2O2/c1-2-18-28-21-13-10-19(11-14-21)12-15-24(27)26-17-16-25-23-9-5-7-20-6-3-4-8-22(20)23/h3-15,25H,2,16-18H2,1H3,(H,26,27)/b15-12+. The molecule has 0 aliphatic heterocycles. The first-order valence-corrected chi connectivity index (χ1v) is 9.66. The van der Waals surface area contributed by atoms with E-state index in [4.69, 9.17) is 4.74 Å². The Bertz CT molecular complexity index is 927. The molecule has 4 nitrogen and oxygen atoms in total. The Labute approximate surface area is 166 Å². The number of carbonyl (C=O) groups is 1. The van der Waals surface area contributed by atoms with Gasteiger partial charge < -0.3 is 15.4 Å². The van der Waals surface area contributed by atoms with Crippen molar-refractivity contribution in [2.45, 2.75) is 13.3 Å². The van der Waals surface area contributed by atoms with Gasteiger partial charge in [-0.1, -0.05) is 55.5 Å². The van der Waals surface area contributed by atoms with Gasteiger partial charge in [-0.3, -0.25) is 4.79 Å². The highest BCUT2D eigenvalue weighted by atomic mass is 16.5. The van der Waals surface area contributed by atoms with Gasteiger partial charge in [0, 0.05) is 30.2 Å². The number of hydrogen-bond acceptors (Lipinski definition) is 3. The fourth-order valence-corrected chi connectivity index (χ4v) is 2.89. The van der Waals surface area contributed by atoms with E-state index in [0.29, 0.717) is 19.7 Å². The molecule has 0 saturated carbocycles. The average molecular weight is 374 g/mol. The fourth-order valence-electron chi connectivity index (χ4n) is 2.89. The van der Waals surface area contributed by atoms with Gasteiger partial charge in [0.15, 0.2) is 0 Å². The number of hydrogen-bond donors (Lipinski definition) is 2. The Hall–Kier alpha value is -3.27. The zero-order valence-electron chi connectivity index (χ0n) is 16.2. The number of amides is 1. The second-order valence-corrected chi connectivity index (χ2v) is 6.50. The van der Waals surface area contributed by atoms with Crippen molar-refractivity contribution in [3.63, 3.8) is 0 Å². The number of fused-ring (bicyclic) bond motifs is 1. The van der Waals surface area contributed by atoms with Crippen LogP contribution in [0.3, 0.4) is 0 Å². The van der Waals surface area contributed by atoms with E-state index < -0.39 is 0 Å². The molecule has 0 aliphatic carbocycles. The second kappa shape index (κ2) is 10.2. The monoisotopic (exact) mass is 374 g/mol. The third-order valence-electron chi connectivity index (χ3n) is 4.31. The predicted molar refractivity (Wildman–Crippen MR) is 117 cm³/mol. The molecule has 0 spiro atoms. The molecular formula is C24H26N2O2. The molecular weight excluding hydrogens is 348 g/mol. The Balaban J connectivity index is 1.43. The first-order chi connectivity index (χ1) is 13.8. The Morgan fingerprint density at radius 2 is 1.75 bits per heavy atom. The van der Waals surface area contributed by atoms with E-state index in [9.17, 15) is 4.79 Å². The maximum atomic E-state index is 12.0. The topological polar surface area (TPSA) is 50.4 Å². The third-order valence-corrected chi connectivity index (χ3v) is 4.31. The number of ether oxygens (including phenoxy) is 1. The lowest BCUT2D eigenvalue weighted by atomic mass is 10.1. The Morgan fingerprint density at radius 1 is 0.964 bits per heavy atom. The van der Waals surface area contributed by atoms with Crippen molar-refractivity contribution in [2.75, 3.05) is 25.0 Å². The van der Waals surface area contributed by atoms with Crippen LogP contribution in [0.2, 0.25) is 0 Å². The summed E-state index contributed by atoms with van der Waals surface area (Å²) in [5.41, 5.74) is 2.04. The Morgan fingerprint density at radius 3 is 2.57 bits per heavy atom. The highest BCUT2D eigenvalue weighted by Crippen LogP contribution is 2.22. The van der Waals surface area contributed by atoms with E-state index in [-0.39, 0.29) is 5.91 Å². The first kappa shape index (κ1) is 19.5. The SMILES string of the molecule is CCCOc1ccc(/C=C/C(=O)NCCNc2cccc3ccccc23)cc1. The van der Waals surface area contributed by atoms with Gasteiger partial charge in [-0.05, 0) is 41.6 Å². The summed E-state index contributed by atoms with van der Waals surface area (Å²) in [5, 5.41) is 8.67. The van der Waals surface area contributed by atoms with Gasteiger partial charge in [-0.2, -0.15) is 0 Å². The summed E-state index contributed by atoms with van der Waals surface area (Å²) in [6, 6.07) is 22.1. The maximum Gasteiger partial charge on any atom is 0.244 e. The van der Waals surface area contributed by atoms with Crippen molar-refractivity contribution >= 4 is 28.4 Å². The van der Waals surface area contributed by atoms with Gasteiger partial charge in [0.25, 0.3) is 0 Å². The van der Waals surface area contributed by atoms with E-state index in [1.165, 1.54) is 10.8 Å². The van der Waals surface area contributed by atoms with Crippen LogP contribution in [0.4, 0.5) is 5.69 Å². The van der Waals surface area contributed by atoms with E-state index >= 15 is 0 Å². The third kappa shape index (κ3) is 5.61. The predicted octanol–water partition coefficient (Wildman–Crippen LogP) is 4.87. The zero-order valence-corrected chi connectivity index (χ0v) is 16.2. The molecule has 0 fully saturated rings. The van der Waals surface area contributed by atoms with Crippen LogP contribution in [0.25, 0.3) is 16.8 Å². The second-order valence-electron chi connectivity index (χ2n) is 6.50. The highest BCUT2D eigenvalue weighted by Gasteiger charge is 2.00. The summed E-state index contributed by atoms with van der Waals surface area (Å²) in [4.78, 5) is 12.0. The highest BCUT2D eigenvalue weighted by molar-refractivity contribution is 5.94. The summed E-state index contributed by atoms with van der Waals surface area (Å²) < 4.78 is 5.55. The normalized spacial score (nSPS) is 10.9. The smallest absolute Gasteiger partial charge is 0.244 e. The van der Waals surface area contributed by atoms with Crippen LogP contribution in [0.1, 0.15) is 18.9 Å². The summed E-state index contributed by atoms with van der Waals surface area (Å²) in [6.07, 6.45) is 4.34. The van der Waals surface area contributed by atoms with Crippen molar-refractivity contribution in [2.24, 2.45) is 0 Å². The van der Waals surface area contributed by atoms with E-state index in [0.717, 1.165) is 23.4 Å². The lowest BCUT2D eigenvalue weighted by Gasteiger charge is -2.10. The molecule has 144 valence electrons. The lowest BCUT2D eigenvalue weighted by molar-refractivity contribution is -0.116. The van der Waals surface area contributed by atoms with Crippen molar-refractivity contribution < 1.29 is 9.53 Å². The quantitative estimate of drug-likeness (QED) is 0.415. The summed E-state index contributed by atoms with van der Waals surface area (Å²) in [7, 11) is 0. The lowest BCUT2D eigenvalue weighted by Crippen LogP contribution is -2.27.